The van der Waals surface area contributed by atoms with Crippen LogP contribution in [0.4, 0.5) is 5.69 Å². The maximum atomic E-state index is 5.69. The van der Waals surface area contributed by atoms with E-state index in [0.29, 0.717) is 6.54 Å². The maximum absolute atomic E-state index is 5.69. The number of nitrogens with two attached hydrogens (primary N) is 1. The van der Waals surface area contributed by atoms with E-state index >= 15 is 0 Å². The van der Waals surface area contributed by atoms with Crippen LogP contribution >= 0.6 is 15.9 Å². The highest BCUT2D eigenvalue weighted by Gasteiger charge is 2.36. The normalized spacial score (nSPS) is 27.3. The van der Waals surface area contributed by atoms with E-state index < -0.39 is 0 Å². The molecule has 0 radical (unpaired) electrons. The minimum absolute atomic E-state index is 0.616. The molecule has 18 heavy (non-hydrogen) atoms. The SMILES string of the molecule is NCc1ccc(N2CCC3CCCCC32)c(Br)c1. The van der Waals surface area contributed by atoms with Gasteiger partial charge in [-0.3, -0.25) is 0 Å². The highest BCUT2D eigenvalue weighted by atomic mass is 79.9. The van der Waals surface area contributed by atoms with E-state index in [1.807, 2.05) is 0 Å². The summed E-state index contributed by atoms with van der Waals surface area (Å²) in [6.45, 7) is 1.83. The van der Waals surface area contributed by atoms with Gasteiger partial charge < -0.3 is 10.6 Å². The van der Waals surface area contributed by atoms with Crippen LogP contribution in [0.3, 0.4) is 0 Å². The lowest BCUT2D eigenvalue weighted by Gasteiger charge is -2.33. The number of benzene rings is 1. The van der Waals surface area contributed by atoms with Crippen LogP contribution in [0, 0.1) is 5.92 Å². The number of hydrogen-bond acceptors (Lipinski definition) is 2. The first kappa shape index (κ1) is 12.5. The molecule has 2 N–H and O–H groups in total. The summed E-state index contributed by atoms with van der Waals surface area (Å²) < 4.78 is 1.21. The number of fused-ring (bicyclic) bond motifs is 1. The lowest BCUT2D eigenvalue weighted by molar-refractivity contribution is 0.342. The number of halogens is 1. The first-order chi connectivity index (χ1) is 8.79. The number of hydrogen-bond donors (Lipinski definition) is 1. The van der Waals surface area contributed by atoms with Crippen LogP contribution in [0.15, 0.2) is 22.7 Å². The molecule has 1 heterocycles. The van der Waals surface area contributed by atoms with Gasteiger partial charge in [-0.2, -0.15) is 0 Å². The van der Waals surface area contributed by atoms with Crippen molar-refractivity contribution >= 4 is 21.6 Å². The van der Waals surface area contributed by atoms with Gasteiger partial charge in [0.2, 0.25) is 0 Å². The molecule has 0 bridgehead atoms. The van der Waals surface area contributed by atoms with Gasteiger partial charge in [-0.1, -0.05) is 18.9 Å². The zero-order chi connectivity index (χ0) is 12.5. The molecule has 2 nitrogen and oxygen atoms in total. The highest BCUT2D eigenvalue weighted by molar-refractivity contribution is 9.10. The van der Waals surface area contributed by atoms with Gasteiger partial charge in [-0.05, 0) is 58.8 Å². The summed E-state index contributed by atoms with van der Waals surface area (Å²) >= 11 is 3.72. The molecule has 2 atom stereocenters. The van der Waals surface area contributed by atoms with Gasteiger partial charge in [0.25, 0.3) is 0 Å². The molecule has 2 aliphatic rings. The zero-order valence-electron chi connectivity index (χ0n) is 10.7. The van der Waals surface area contributed by atoms with E-state index in [2.05, 4.69) is 39.0 Å². The number of anilines is 1. The highest BCUT2D eigenvalue weighted by Crippen LogP contribution is 2.41. The third-order valence-corrected chi connectivity index (χ3v) is 5.20. The molecule has 1 aliphatic carbocycles. The molecule has 1 aromatic carbocycles. The van der Waals surface area contributed by atoms with E-state index in [0.717, 1.165) is 12.0 Å². The van der Waals surface area contributed by atoms with E-state index in [1.165, 1.54) is 54.4 Å². The van der Waals surface area contributed by atoms with Gasteiger partial charge in [-0.25, -0.2) is 0 Å². The van der Waals surface area contributed by atoms with Crippen molar-refractivity contribution in [1.82, 2.24) is 0 Å². The molecule has 3 rings (SSSR count). The van der Waals surface area contributed by atoms with Crippen molar-refractivity contribution in [2.75, 3.05) is 11.4 Å². The van der Waals surface area contributed by atoms with E-state index in [1.54, 1.807) is 0 Å². The molecule has 0 amide bonds. The summed E-state index contributed by atoms with van der Waals surface area (Å²) in [5, 5.41) is 0. The summed E-state index contributed by atoms with van der Waals surface area (Å²) in [4.78, 5) is 2.62. The largest absolute Gasteiger partial charge is 0.367 e. The summed E-state index contributed by atoms with van der Waals surface area (Å²) in [7, 11) is 0. The van der Waals surface area contributed by atoms with Gasteiger partial charge >= 0.3 is 0 Å². The van der Waals surface area contributed by atoms with E-state index in [4.69, 9.17) is 5.73 Å². The van der Waals surface area contributed by atoms with E-state index in [9.17, 15) is 0 Å². The van der Waals surface area contributed by atoms with Gasteiger partial charge in [0, 0.05) is 23.6 Å². The molecule has 2 unspecified atom stereocenters. The fraction of sp³-hybridized carbons (Fsp3) is 0.600. The molecule has 3 heteroatoms. The number of rotatable bonds is 2. The van der Waals surface area contributed by atoms with Crippen LogP contribution in [0.2, 0.25) is 0 Å². The van der Waals surface area contributed by atoms with Crippen molar-refractivity contribution in [2.24, 2.45) is 11.7 Å². The van der Waals surface area contributed by atoms with E-state index in [-0.39, 0.29) is 0 Å². The smallest absolute Gasteiger partial charge is 0.0513 e. The summed E-state index contributed by atoms with van der Waals surface area (Å²) in [6.07, 6.45) is 7.00. The minimum Gasteiger partial charge on any atom is -0.367 e. The second-order valence-electron chi connectivity index (χ2n) is 5.58. The predicted octanol–water partition coefficient (Wildman–Crippen LogP) is 3.68. The first-order valence-electron chi connectivity index (χ1n) is 7.04. The quantitative estimate of drug-likeness (QED) is 0.903. The van der Waals surface area contributed by atoms with Gasteiger partial charge in [-0.15, -0.1) is 0 Å². The summed E-state index contributed by atoms with van der Waals surface area (Å²) in [5.41, 5.74) is 8.26. The minimum atomic E-state index is 0.616. The van der Waals surface area contributed by atoms with Crippen LogP contribution in [0.25, 0.3) is 0 Å². The second-order valence-corrected chi connectivity index (χ2v) is 6.44. The Morgan fingerprint density at radius 3 is 2.83 bits per heavy atom. The molecule has 98 valence electrons. The van der Waals surface area contributed by atoms with Crippen LogP contribution < -0.4 is 10.6 Å². The monoisotopic (exact) mass is 308 g/mol. The van der Waals surface area contributed by atoms with Gasteiger partial charge in [0.1, 0.15) is 0 Å². The van der Waals surface area contributed by atoms with Crippen molar-refractivity contribution in [3.63, 3.8) is 0 Å². The molecule has 0 aromatic heterocycles. The Hall–Kier alpha value is -0.540. The first-order valence-corrected chi connectivity index (χ1v) is 7.84. The molecular weight excluding hydrogens is 288 g/mol. The lowest BCUT2D eigenvalue weighted by atomic mass is 9.85. The van der Waals surface area contributed by atoms with Crippen LogP contribution in [-0.4, -0.2) is 12.6 Å². The molecule has 2 fully saturated rings. The predicted molar refractivity (Wildman–Crippen MR) is 79.7 cm³/mol. The Morgan fingerprint density at radius 2 is 2.06 bits per heavy atom. The van der Waals surface area contributed by atoms with Crippen molar-refractivity contribution in [1.29, 1.82) is 0 Å². The maximum Gasteiger partial charge on any atom is 0.0513 e. The Labute approximate surface area is 118 Å². The Bertz CT molecular complexity index is 433. The summed E-state index contributed by atoms with van der Waals surface area (Å²) in [6, 6.07) is 7.35. The number of nitrogens with zero attached hydrogens (tertiary/aromatic N) is 1. The Morgan fingerprint density at radius 1 is 1.22 bits per heavy atom. The van der Waals surface area contributed by atoms with Crippen molar-refractivity contribution in [3.8, 4) is 0 Å². The third kappa shape index (κ3) is 2.19. The standard InChI is InChI=1S/C15H21BrN2/c16-13-9-11(10-17)5-6-15(13)18-8-7-12-3-1-2-4-14(12)18/h5-6,9,12,14H,1-4,7-8,10,17H2. The third-order valence-electron chi connectivity index (χ3n) is 4.57. The van der Waals surface area contributed by atoms with Crippen molar-refractivity contribution in [2.45, 2.75) is 44.7 Å². The van der Waals surface area contributed by atoms with Crippen LogP contribution in [0.5, 0.6) is 0 Å². The van der Waals surface area contributed by atoms with Crippen molar-refractivity contribution < 1.29 is 0 Å². The van der Waals surface area contributed by atoms with Crippen LogP contribution in [0.1, 0.15) is 37.7 Å². The fourth-order valence-corrected chi connectivity index (χ4v) is 4.27. The van der Waals surface area contributed by atoms with Crippen LogP contribution in [-0.2, 0) is 6.54 Å². The molecule has 1 saturated heterocycles. The van der Waals surface area contributed by atoms with Gasteiger partial charge in [0.15, 0.2) is 0 Å². The Kier molecular flexibility index (Phi) is 3.62. The Balaban J connectivity index is 1.86. The molecular formula is C15H21BrN2. The molecule has 1 saturated carbocycles. The zero-order valence-corrected chi connectivity index (χ0v) is 12.3. The topological polar surface area (TPSA) is 29.3 Å². The molecule has 1 aliphatic heterocycles. The summed E-state index contributed by atoms with van der Waals surface area (Å²) in [5.74, 6) is 0.930. The fourth-order valence-electron chi connectivity index (χ4n) is 3.62. The van der Waals surface area contributed by atoms with Crippen molar-refractivity contribution in [3.05, 3.63) is 28.2 Å². The second kappa shape index (κ2) is 5.22. The average Bonchev–Trinajstić information content (AvgIpc) is 2.82. The average molecular weight is 309 g/mol. The lowest BCUT2D eigenvalue weighted by Crippen LogP contribution is -2.34. The molecule has 0 spiro atoms. The molecule has 1 aromatic rings. The van der Waals surface area contributed by atoms with Gasteiger partial charge in [0.05, 0.1) is 5.69 Å².